The van der Waals surface area contributed by atoms with E-state index in [0.717, 1.165) is 19.3 Å². The van der Waals surface area contributed by atoms with Gasteiger partial charge in [0.05, 0.1) is 30.6 Å². The number of hydroxylamine groups is 2. The molecule has 38 heavy (non-hydrogen) atoms. The van der Waals surface area contributed by atoms with Gasteiger partial charge in [-0.3, -0.25) is 24.4 Å². The van der Waals surface area contributed by atoms with Gasteiger partial charge in [-0.1, -0.05) is 39.2 Å². The summed E-state index contributed by atoms with van der Waals surface area (Å²) < 4.78 is 5.57. The lowest BCUT2D eigenvalue weighted by Gasteiger charge is -2.29. The molecule has 5 N–H and O–H groups in total. The van der Waals surface area contributed by atoms with Gasteiger partial charge in [0, 0.05) is 5.56 Å². The Labute approximate surface area is 219 Å². The highest BCUT2D eigenvalue weighted by molar-refractivity contribution is 5.93. The molecular weight excluding hydrogens is 498 g/mol. The van der Waals surface area contributed by atoms with Crippen LogP contribution in [0.3, 0.4) is 0 Å². The number of furan rings is 1. The molecule has 1 aromatic carbocycles. The smallest absolute Gasteiger partial charge is 0.335 e. The molecule has 0 bridgehead atoms. The van der Waals surface area contributed by atoms with Crippen molar-refractivity contribution in [1.29, 1.82) is 0 Å². The van der Waals surface area contributed by atoms with Crippen LogP contribution >= 0.6 is 0 Å². The molecule has 0 fully saturated rings. The molecule has 0 saturated heterocycles. The molecule has 2 atom stereocenters. The number of unbranched alkanes of at least 4 members (excludes halogenated alkanes) is 2. The molecule has 2 aromatic rings. The van der Waals surface area contributed by atoms with Crippen molar-refractivity contribution >= 4 is 30.2 Å². The number of carbonyl (C=O) groups is 5. The fraction of sp³-hybridized carbons (Fsp3) is 0.423. The van der Waals surface area contributed by atoms with Crippen molar-refractivity contribution in [3.8, 4) is 11.3 Å². The van der Waals surface area contributed by atoms with Gasteiger partial charge in [-0.05, 0) is 42.7 Å². The second-order valence-corrected chi connectivity index (χ2v) is 8.70. The Hall–Kier alpha value is -4.19. The van der Waals surface area contributed by atoms with Gasteiger partial charge in [0.2, 0.25) is 12.3 Å². The van der Waals surface area contributed by atoms with Gasteiger partial charge in [0.1, 0.15) is 5.76 Å². The van der Waals surface area contributed by atoms with Crippen molar-refractivity contribution in [2.24, 2.45) is 5.92 Å². The first-order chi connectivity index (χ1) is 18.1. The Morgan fingerprint density at radius 2 is 1.79 bits per heavy atom. The Morgan fingerprint density at radius 3 is 2.39 bits per heavy atom. The highest BCUT2D eigenvalue weighted by Gasteiger charge is 2.30. The van der Waals surface area contributed by atoms with E-state index in [1.807, 2.05) is 6.92 Å². The average Bonchev–Trinajstić information content (AvgIpc) is 3.38. The van der Waals surface area contributed by atoms with Crippen molar-refractivity contribution in [2.75, 3.05) is 6.67 Å². The summed E-state index contributed by atoms with van der Waals surface area (Å²) in [6.45, 7) is 3.55. The van der Waals surface area contributed by atoms with Crippen molar-refractivity contribution in [2.45, 2.75) is 58.4 Å². The topological polar surface area (TPSA) is 186 Å². The molecule has 2 unspecified atom stereocenters. The van der Waals surface area contributed by atoms with Crippen LogP contribution in [0.25, 0.3) is 11.3 Å². The van der Waals surface area contributed by atoms with E-state index in [1.54, 1.807) is 6.92 Å². The predicted octanol–water partition coefficient (Wildman–Crippen LogP) is 2.90. The number of carboxylic acid groups (broad SMARTS) is 2. The second-order valence-electron chi connectivity index (χ2n) is 8.70. The molecular formula is C26H33N3O9. The third-order valence-electron chi connectivity index (χ3n) is 6.09. The maximum Gasteiger partial charge on any atom is 0.335 e. The Bertz CT molecular complexity index is 1140. The number of carbonyl (C=O) groups excluding carboxylic acids is 3. The fourth-order valence-electron chi connectivity index (χ4n) is 4.16. The predicted molar refractivity (Wildman–Crippen MR) is 134 cm³/mol. The molecule has 0 aliphatic carbocycles. The van der Waals surface area contributed by atoms with Gasteiger partial charge in [-0.25, -0.2) is 9.86 Å². The summed E-state index contributed by atoms with van der Waals surface area (Å²) in [6.07, 6.45) is 3.16. The molecule has 206 valence electrons. The van der Waals surface area contributed by atoms with Crippen molar-refractivity contribution in [1.82, 2.24) is 15.7 Å². The zero-order valence-electron chi connectivity index (χ0n) is 21.3. The van der Waals surface area contributed by atoms with E-state index in [-0.39, 0.29) is 35.7 Å². The van der Waals surface area contributed by atoms with Gasteiger partial charge < -0.3 is 25.3 Å². The van der Waals surface area contributed by atoms with E-state index < -0.39 is 42.1 Å². The van der Waals surface area contributed by atoms with Crippen LogP contribution in [0.5, 0.6) is 0 Å². The molecule has 3 amide bonds. The van der Waals surface area contributed by atoms with Crippen LogP contribution in [-0.4, -0.2) is 63.4 Å². The van der Waals surface area contributed by atoms with E-state index >= 15 is 0 Å². The Kier molecular flexibility index (Phi) is 11.5. The zero-order valence-corrected chi connectivity index (χ0v) is 21.3. The van der Waals surface area contributed by atoms with Gasteiger partial charge in [0.25, 0.3) is 5.91 Å². The lowest BCUT2D eigenvalue weighted by molar-refractivity contribution is -0.168. The first-order valence-corrected chi connectivity index (χ1v) is 12.3. The molecule has 0 aliphatic rings. The number of nitrogens with one attached hydrogen (secondary N) is 2. The van der Waals surface area contributed by atoms with Crippen LogP contribution < -0.4 is 10.6 Å². The molecule has 12 heteroatoms. The first kappa shape index (κ1) is 30.0. The maximum atomic E-state index is 12.8. The van der Waals surface area contributed by atoms with Crippen molar-refractivity contribution in [3.05, 3.63) is 47.2 Å². The van der Waals surface area contributed by atoms with E-state index in [1.165, 1.54) is 30.3 Å². The summed E-state index contributed by atoms with van der Waals surface area (Å²) in [5.41, 5.74) is 0.331. The summed E-state index contributed by atoms with van der Waals surface area (Å²) in [7, 11) is 0. The van der Waals surface area contributed by atoms with Crippen molar-refractivity contribution in [3.63, 3.8) is 0 Å². The molecule has 1 heterocycles. The summed E-state index contributed by atoms with van der Waals surface area (Å²) >= 11 is 0. The molecule has 2 rings (SSSR count). The number of carboxylic acids is 2. The summed E-state index contributed by atoms with van der Waals surface area (Å²) in [5.74, 6) is -4.02. The molecule has 0 aliphatic heterocycles. The monoisotopic (exact) mass is 531 g/mol. The maximum absolute atomic E-state index is 12.8. The van der Waals surface area contributed by atoms with E-state index in [2.05, 4.69) is 10.6 Å². The fourth-order valence-corrected chi connectivity index (χ4v) is 4.16. The Morgan fingerprint density at radius 1 is 1.05 bits per heavy atom. The molecule has 0 radical (unpaired) electrons. The molecule has 0 saturated carbocycles. The standard InChI is InChI=1S/C26H33N3O9/c1-3-5-6-7-19(20(4-2)29(37)15-30)24(33)27-14-28-25(34)22-11-10-21(38-22)16-8-9-18(26(35)36)17(12-16)13-23(31)32/h8-12,15,19-20,37H,3-7,13-14H2,1-2H3,(H,27,33)(H,28,34)(H,31,32)(H,35,36). The van der Waals surface area contributed by atoms with Gasteiger partial charge in [-0.15, -0.1) is 0 Å². The minimum absolute atomic E-state index is 0.0789. The minimum Gasteiger partial charge on any atom is -0.481 e. The summed E-state index contributed by atoms with van der Waals surface area (Å²) in [6, 6.07) is 6.27. The number of rotatable bonds is 16. The number of aliphatic carboxylic acids is 1. The normalized spacial score (nSPS) is 12.3. The quantitative estimate of drug-likeness (QED) is 0.0713. The van der Waals surface area contributed by atoms with Crippen molar-refractivity contribution < 1.29 is 43.8 Å². The molecule has 1 aromatic heterocycles. The number of amides is 3. The third kappa shape index (κ3) is 8.17. The highest BCUT2D eigenvalue weighted by Crippen LogP contribution is 2.26. The number of hydrogen-bond donors (Lipinski definition) is 5. The van der Waals surface area contributed by atoms with Crippen LogP contribution in [0, 0.1) is 5.92 Å². The van der Waals surface area contributed by atoms with Crippen LogP contribution in [0.2, 0.25) is 0 Å². The molecule has 12 nitrogen and oxygen atoms in total. The number of nitrogens with zero attached hydrogens (tertiary/aromatic N) is 1. The van der Waals surface area contributed by atoms with Gasteiger partial charge in [0.15, 0.2) is 5.76 Å². The van der Waals surface area contributed by atoms with E-state index in [9.17, 15) is 34.3 Å². The van der Waals surface area contributed by atoms with Crippen LogP contribution in [-0.2, 0) is 20.8 Å². The second kappa shape index (κ2) is 14.5. The average molecular weight is 532 g/mol. The summed E-state index contributed by atoms with van der Waals surface area (Å²) in [5, 5.41) is 33.9. The number of aromatic carboxylic acids is 1. The summed E-state index contributed by atoms with van der Waals surface area (Å²) in [4.78, 5) is 58.9. The van der Waals surface area contributed by atoms with Crippen LogP contribution in [0.15, 0.2) is 34.7 Å². The number of benzene rings is 1. The Balaban J connectivity index is 2.06. The molecule has 0 spiro atoms. The SMILES string of the molecule is CCCCCC(C(=O)NCNC(=O)c1ccc(-c2ccc(C(=O)O)c(CC(=O)O)c2)o1)C(CC)N(O)C=O. The highest BCUT2D eigenvalue weighted by atomic mass is 16.5. The lowest BCUT2D eigenvalue weighted by atomic mass is 9.90. The first-order valence-electron chi connectivity index (χ1n) is 12.3. The van der Waals surface area contributed by atoms with Gasteiger partial charge >= 0.3 is 11.9 Å². The number of hydrogen-bond acceptors (Lipinski definition) is 7. The van der Waals surface area contributed by atoms with E-state index in [4.69, 9.17) is 9.52 Å². The van der Waals surface area contributed by atoms with Crippen LogP contribution in [0.1, 0.15) is 72.4 Å². The van der Waals surface area contributed by atoms with Gasteiger partial charge in [-0.2, -0.15) is 0 Å². The largest absolute Gasteiger partial charge is 0.481 e. The minimum atomic E-state index is -1.26. The zero-order chi connectivity index (χ0) is 28.2. The lowest BCUT2D eigenvalue weighted by Crippen LogP contribution is -2.47. The third-order valence-corrected chi connectivity index (χ3v) is 6.09. The van der Waals surface area contributed by atoms with E-state index in [0.29, 0.717) is 23.5 Å². The van der Waals surface area contributed by atoms with Crippen LogP contribution in [0.4, 0.5) is 0 Å².